The van der Waals surface area contributed by atoms with Crippen molar-refractivity contribution >= 4 is 11.4 Å². The lowest BCUT2D eigenvalue weighted by atomic mass is 9.98. The summed E-state index contributed by atoms with van der Waals surface area (Å²) in [4.78, 5) is 0. The van der Waals surface area contributed by atoms with Crippen LogP contribution in [-0.4, -0.2) is 0 Å². The van der Waals surface area contributed by atoms with Crippen LogP contribution in [0.5, 0.6) is 0 Å². The normalized spacial score (nSPS) is 11.3. The smallest absolute Gasteiger partial charge is 0.0346 e. The van der Waals surface area contributed by atoms with E-state index in [9.17, 15) is 0 Å². The second kappa shape index (κ2) is 23.0. The van der Waals surface area contributed by atoms with E-state index in [4.69, 9.17) is 11.5 Å². The first-order valence-corrected chi connectivity index (χ1v) is 20.4. The maximum absolute atomic E-state index is 6.15. The molecule has 4 aromatic rings. The van der Waals surface area contributed by atoms with E-state index in [0.29, 0.717) is 0 Å². The molecule has 2 nitrogen and oxygen atoms in total. The maximum Gasteiger partial charge on any atom is 0.0346 e. The van der Waals surface area contributed by atoms with E-state index in [2.05, 4.69) is 98.8 Å². The zero-order valence-electron chi connectivity index (χ0n) is 31.8. The molecule has 0 aromatic heterocycles. The van der Waals surface area contributed by atoms with E-state index in [1.807, 2.05) is 0 Å². The molecule has 0 saturated heterocycles. The van der Waals surface area contributed by atoms with Crippen LogP contribution < -0.4 is 11.5 Å². The van der Waals surface area contributed by atoms with Gasteiger partial charge in [-0.15, -0.1) is 0 Å². The number of nitrogens with two attached hydrogens (primary N) is 2. The third-order valence-electron chi connectivity index (χ3n) is 10.5. The Bertz CT molecular complexity index is 1370. The van der Waals surface area contributed by atoms with Gasteiger partial charge in [-0.1, -0.05) is 177 Å². The van der Waals surface area contributed by atoms with Crippen LogP contribution in [0, 0.1) is 0 Å². The summed E-state index contributed by atoms with van der Waals surface area (Å²) in [6, 6.07) is 31.7. The summed E-state index contributed by atoms with van der Waals surface area (Å²) >= 11 is 0. The van der Waals surface area contributed by atoms with Gasteiger partial charge in [0.2, 0.25) is 0 Å². The number of unbranched alkanes of at least 4 members (excludes halogenated alkanes) is 13. The number of hydrogen-bond donors (Lipinski definition) is 2. The Hall–Kier alpha value is -3.52. The zero-order valence-corrected chi connectivity index (χ0v) is 31.8. The van der Waals surface area contributed by atoms with E-state index in [1.165, 1.54) is 147 Å². The van der Waals surface area contributed by atoms with Gasteiger partial charge in [0.1, 0.15) is 0 Å². The first-order valence-electron chi connectivity index (χ1n) is 20.4. The standard InChI is InChI=1S/C48H68N2/c1-3-19-45-37-43(31-33-47(45)49)35-41-27-23-39(24-28-41)21-17-15-13-11-9-7-5-6-8-10-12-14-16-18-22-40-25-29-42(30-26-40)36-44-32-34-48(50)46(38-44)20-4-2/h23-34,37-38H,3-22,35-36,49-50H2,1-2H3. The molecule has 0 bridgehead atoms. The average molecular weight is 673 g/mol. The van der Waals surface area contributed by atoms with Crippen molar-refractivity contribution in [1.29, 1.82) is 0 Å². The van der Waals surface area contributed by atoms with Crippen molar-refractivity contribution in [3.8, 4) is 0 Å². The molecule has 0 fully saturated rings. The first kappa shape index (κ1) is 39.3. The SMILES string of the molecule is CCCc1cc(Cc2ccc(CCCCCCCCCCCCCCCCc3ccc(Cc4ccc(N)c(CCC)c4)cc3)cc2)ccc1N. The highest BCUT2D eigenvalue weighted by Gasteiger charge is 2.05. The topological polar surface area (TPSA) is 52.0 Å². The summed E-state index contributed by atoms with van der Waals surface area (Å²) < 4.78 is 0. The van der Waals surface area contributed by atoms with Gasteiger partial charge in [0.25, 0.3) is 0 Å². The summed E-state index contributed by atoms with van der Waals surface area (Å²) in [5.74, 6) is 0. The third-order valence-corrected chi connectivity index (χ3v) is 10.5. The monoisotopic (exact) mass is 673 g/mol. The molecule has 4 aromatic carbocycles. The molecule has 50 heavy (non-hydrogen) atoms. The second-order valence-corrected chi connectivity index (χ2v) is 15.0. The van der Waals surface area contributed by atoms with Crippen molar-refractivity contribution in [2.45, 2.75) is 155 Å². The van der Waals surface area contributed by atoms with Crippen molar-refractivity contribution in [1.82, 2.24) is 0 Å². The highest BCUT2D eigenvalue weighted by atomic mass is 14.6. The van der Waals surface area contributed by atoms with Gasteiger partial charge in [0.05, 0.1) is 0 Å². The Labute approximate surface area is 306 Å². The minimum atomic E-state index is 0.931. The second-order valence-electron chi connectivity index (χ2n) is 15.0. The van der Waals surface area contributed by atoms with Crippen LogP contribution in [-0.2, 0) is 38.5 Å². The first-order chi connectivity index (χ1) is 24.5. The van der Waals surface area contributed by atoms with Gasteiger partial charge < -0.3 is 11.5 Å². The number of anilines is 2. The van der Waals surface area contributed by atoms with Crippen molar-refractivity contribution in [3.05, 3.63) is 129 Å². The molecule has 0 radical (unpaired) electrons. The van der Waals surface area contributed by atoms with E-state index in [-0.39, 0.29) is 0 Å². The summed E-state index contributed by atoms with van der Waals surface area (Å²) in [5.41, 5.74) is 25.2. The molecule has 0 saturated carbocycles. The Morgan fingerprint density at radius 3 is 0.920 bits per heavy atom. The molecule has 0 unspecified atom stereocenters. The van der Waals surface area contributed by atoms with Crippen molar-refractivity contribution < 1.29 is 0 Å². The average Bonchev–Trinajstić information content (AvgIpc) is 3.12. The fourth-order valence-electron chi connectivity index (χ4n) is 7.41. The summed E-state index contributed by atoms with van der Waals surface area (Å²) in [6.07, 6.45) is 28.3. The van der Waals surface area contributed by atoms with Gasteiger partial charge in [0, 0.05) is 11.4 Å². The van der Waals surface area contributed by atoms with E-state index in [0.717, 1.165) is 49.9 Å². The molecule has 0 aliphatic heterocycles. The minimum absolute atomic E-state index is 0.931. The van der Waals surface area contributed by atoms with Crippen LogP contribution in [0.25, 0.3) is 0 Å². The van der Waals surface area contributed by atoms with Gasteiger partial charge in [-0.25, -0.2) is 0 Å². The van der Waals surface area contributed by atoms with Crippen molar-refractivity contribution in [2.75, 3.05) is 11.5 Å². The van der Waals surface area contributed by atoms with Crippen molar-refractivity contribution in [3.63, 3.8) is 0 Å². The highest BCUT2D eigenvalue weighted by molar-refractivity contribution is 5.50. The fourth-order valence-corrected chi connectivity index (χ4v) is 7.41. The van der Waals surface area contributed by atoms with Crippen LogP contribution in [0.2, 0.25) is 0 Å². The Morgan fingerprint density at radius 1 is 0.320 bits per heavy atom. The third kappa shape index (κ3) is 14.8. The Morgan fingerprint density at radius 2 is 0.600 bits per heavy atom. The molecule has 0 amide bonds. The van der Waals surface area contributed by atoms with Gasteiger partial charge in [-0.05, 0) is 108 Å². The molecule has 0 atom stereocenters. The predicted molar refractivity (Wildman–Crippen MR) is 220 cm³/mol. The molecule has 270 valence electrons. The molecular formula is C48H68N2. The van der Waals surface area contributed by atoms with Gasteiger partial charge in [-0.3, -0.25) is 0 Å². The van der Waals surface area contributed by atoms with Crippen LogP contribution in [0.15, 0.2) is 84.9 Å². The Balaban J connectivity index is 0.928. The lowest BCUT2D eigenvalue weighted by Crippen LogP contribution is -1.97. The van der Waals surface area contributed by atoms with Gasteiger partial charge in [0.15, 0.2) is 0 Å². The lowest BCUT2D eigenvalue weighted by molar-refractivity contribution is 0.533. The van der Waals surface area contributed by atoms with Crippen molar-refractivity contribution in [2.24, 2.45) is 0 Å². The van der Waals surface area contributed by atoms with Gasteiger partial charge in [-0.2, -0.15) is 0 Å². The fraction of sp³-hybridized carbons (Fsp3) is 0.500. The minimum Gasteiger partial charge on any atom is -0.399 e. The predicted octanol–water partition coefficient (Wildman–Crippen LogP) is 13.2. The molecule has 0 aliphatic rings. The number of rotatable bonds is 25. The van der Waals surface area contributed by atoms with Gasteiger partial charge >= 0.3 is 0 Å². The molecular weight excluding hydrogens is 605 g/mol. The van der Waals surface area contributed by atoms with Crippen LogP contribution in [0.3, 0.4) is 0 Å². The number of benzene rings is 4. The molecule has 0 aliphatic carbocycles. The van der Waals surface area contributed by atoms with E-state index < -0.39 is 0 Å². The Kier molecular flexibility index (Phi) is 18.1. The molecule has 0 heterocycles. The van der Waals surface area contributed by atoms with Crippen LogP contribution in [0.1, 0.15) is 161 Å². The molecule has 2 heteroatoms. The zero-order chi connectivity index (χ0) is 35.2. The van der Waals surface area contributed by atoms with E-state index in [1.54, 1.807) is 0 Å². The lowest BCUT2D eigenvalue weighted by Gasteiger charge is -2.09. The number of nitrogen functional groups attached to an aromatic ring is 2. The summed E-state index contributed by atoms with van der Waals surface area (Å²) in [5, 5.41) is 0. The molecule has 4 rings (SSSR count). The van der Waals surface area contributed by atoms with Crippen LogP contribution >= 0.6 is 0 Å². The quantitative estimate of drug-likeness (QED) is 0.0544. The molecule has 4 N–H and O–H groups in total. The number of aryl methyl sites for hydroxylation is 4. The van der Waals surface area contributed by atoms with E-state index >= 15 is 0 Å². The highest BCUT2D eigenvalue weighted by Crippen LogP contribution is 2.21. The maximum atomic E-state index is 6.15. The number of hydrogen-bond acceptors (Lipinski definition) is 2. The molecule has 0 spiro atoms. The van der Waals surface area contributed by atoms with Crippen LogP contribution in [0.4, 0.5) is 11.4 Å². The summed E-state index contributed by atoms with van der Waals surface area (Å²) in [7, 11) is 0. The summed E-state index contributed by atoms with van der Waals surface area (Å²) in [6.45, 7) is 4.43. The largest absolute Gasteiger partial charge is 0.399 e.